The van der Waals surface area contributed by atoms with Crippen LogP contribution >= 0.6 is 11.6 Å². The summed E-state index contributed by atoms with van der Waals surface area (Å²) in [6.45, 7) is 3.14. The summed E-state index contributed by atoms with van der Waals surface area (Å²) in [6.07, 6.45) is 2.56. The lowest BCUT2D eigenvalue weighted by Gasteiger charge is -2.22. The number of amides is 1. The number of nitrogens with zero attached hydrogens (tertiary/aromatic N) is 3. The topological polar surface area (TPSA) is 67.3 Å². The molecule has 102 valence electrons. The second-order valence-corrected chi connectivity index (χ2v) is 5.30. The summed E-state index contributed by atoms with van der Waals surface area (Å²) in [7, 11) is 1.48. The van der Waals surface area contributed by atoms with Gasteiger partial charge in [0.1, 0.15) is 0 Å². The Morgan fingerprint density at radius 3 is 3.00 bits per heavy atom. The molecule has 1 aromatic heterocycles. The molecule has 3 unspecified atom stereocenters. The van der Waals surface area contributed by atoms with E-state index in [0.29, 0.717) is 11.7 Å². The summed E-state index contributed by atoms with van der Waals surface area (Å²) in [6, 6.07) is 0.200. The molecule has 2 aliphatic heterocycles. The summed E-state index contributed by atoms with van der Waals surface area (Å²) < 4.78 is 4.96. The molecule has 0 aromatic carbocycles. The minimum atomic E-state index is -0.275. The van der Waals surface area contributed by atoms with Crippen LogP contribution in [-0.4, -0.2) is 53.6 Å². The molecule has 1 N–H and O–H groups in total. The number of carbonyl (C=O) groups excluding carboxylic acids is 1. The first-order valence-corrected chi connectivity index (χ1v) is 6.65. The Balaban J connectivity index is 1.69. The Hall–Kier alpha value is -1.40. The molecular weight excluding hydrogens is 268 g/mol. The summed E-state index contributed by atoms with van der Waals surface area (Å²) >= 11 is 5.89. The molecule has 7 heteroatoms. The van der Waals surface area contributed by atoms with Crippen molar-refractivity contribution in [1.29, 1.82) is 0 Å². The van der Waals surface area contributed by atoms with E-state index in [1.807, 2.05) is 0 Å². The van der Waals surface area contributed by atoms with Crippen molar-refractivity contribution in [1.82, 2.24) is 20.2 Å². The van der Waals surface area contributed by atoms with Crippen LogP contribution in [0, 0.1) is 5.92 Å². The molecule has 3 rings (SSSR count). The Kier molecular flexibility index (Phi) is 3.28. The predicted molar refractivity (Wildman–Crippen MR) is 69.4 cm³/mol. The summed E-state index contributed by atoms with van der Waals surface area (Å²) in [5.41, 5.74) is 0. The van der Waals surface area contributed by atoms with E-state index in [0.717, 1.165) is 26.1 Å². The number of nitrogens with one attached hydrogen (secondary N) is 1. The summed E-state index contributed by atoms with van der Waals surface area (Å²) in [4.78, 5) is 22.4. The van der Waals surface area contributed by atoms with Crippen molar-refractivity contribution in [2.75, 3.05) is 26.7 Å². The third-order valence-corrected chi connectivity index (χ3v) is 4.05. The van der Waals surface area contributed by atoms with Gasteiger partial charge in [-0.1, -0.05) is 11.6 Å². The number of aromatic nitrogens is 2. The molecule has 3 atom stereocenters. The lowest BCUT2D eigenvalue weighted by molar-refractivity contribution is 0.0913. The van der Waals surface area contributed by atoms with E-state index in [4.69, 9.17) is 16.3 Å². The highest BCUT2D eigenvalue weighted by molar-refractivity contribution is 6.30. The van der Waals surface area contributed by atoms with Crippen LogP contribution in [0.25, 0.3) is 0 Å². The van der Waals surface area contributed by atoms with Gasteiger partial charge in [0.15, 0.2) is 10.9 Å². The zero-order valence-electron chi connectivity index (χ0n) is 10.6. The second kappa shape index (κ2) is 4.94. The molecule has 2 fully saturated rings. The second-order valence-electron chi connectivity index (χ2n) is 4.94. The monoisotopic (exact) mass is 282 g/mol. The van der Waals surface area contributed by atoms with Crippen LogP contribution in [0.15, 0.2) is 6.20 Å². The number of hydrogen-bond acceptors (Lipinski definition) is 5. The Morgan fingerprint density at radius 1 is 1.58 bits per heavy atom. The molecular formula is C12H15ClN4O2. The average Bonchev–Trinajstić information content (AvgIpc) is 3.00. The van der Waals surface area contributed by atoms with E-state index in [1.54, 1.807) is 0 Å². The van der Waals surface area contributed by atoms with E-state index < -0.39 is 0 Å². The van der Waals surface area contributed by atoms with E-state index >= 15 is 0 Å². The van der Waals surface area contributed by atoms with E-state index in [2.05, 4.69) is 20.2 Å². The van der Waals surface area contributed by atoms with Gasteiger partial charge in [0.25, 0.3) is 5.91 Å². The van der Waals surface area contributed by atoms with Gasteiger partial charge in [-0.25, -0.2) is 9.97 Å². The van der Waals surface area contributed by atoms with Crippen LogP contribution in [0.5, 0.6) is 5.75 Å². The molecule has 0 saturated carbocycles. The van der Waals surface area contributed by atoms with Gasteiger partial charge in [-0.15, -0.1) is 0 Å². The molecule has 2 aliphatic rings. The SMILES string of the molecule is COc1cnc(C(=O)NC2CN3CCC2C3)nc1Cl. The molecule has 2 bridgehead atoms. The van der Waals surface area contributed by atoms with E-state index in [9.17, 15) is 4.79 Å². The molecule has 0 aliphatic carbocycles. The van der Waals surface area contributed by atoms with Gasteiger partial charge in [0.2, 0.25) is 5.82 Å². The standard InChI is InChI=1S/C12H15ClN4O2/c1-19-9-4-14-11(16-10(9)13)12(18)15-8-6-17-3-2-7(8)5-17/h4,7-8H,2-3,5-6H2,1H3,(H,15,18). The van der Waals surface area contributed by atoms with Crippen LogP contribution in [0.4, 0.5) is 0 Å². The molecule has 0 radical (unpaired) electrons. The predicted octanol–water partition coefficient (Wildman–Crippen LogP) is 0.573. The zero-order valence-corrected chi connectivity index (χ0v) is 11.4. The number of rotatable bonds is 3. The van der Waals surface area contributed by atoms with Crippen LogP contribution < -0.4 is 10.1 Å². The maximum absolute atomic E-state index is 12.1. The van der Waals surface area contributed by atoms with Gasteiger partial charge < -0.3 is 15.0 Å². The summed E-state index contributed by atoms with van der Waals surface area (Å²) in [5, 5.41) is 3.14. The van der Waals surface area contributed by atoms with E-state index in [-0.39, 0.29) is 22.9 Å². The highest BCUT2D eigenvalue weighted by Gasteiger charge is 2.38. The van der Waals surface area contributed by atoms with Gasteiger partial charge in [-0.2, -0.15) is 0 Å². The first-order chi connectivity index (χ1) is 9.17. The van der Waals surface area contributed by atoms with Crippen molar-refractivity contribution < 1.29 is 9.53 Å². The number of halogens is 1. The first-order valence-electron chi connectivity index (χ1n) is 6.27. The first kappa shape index (κ1) is 12.6. The number of piperidine rings is 1. The highest BCUT2D eigenvalue weighted by Crippen LogP contribution is 2.28. The number of ether oxygens (including phenoxy) is 1. The molecule has 6 nitrogen and oxygen atoms in total. The van der Waals surface area contributed by atoms with Crippen molar-refractivity contribution in [2.45, 2.75) is 12.5 Å². The minimum absolute atomic E-state index is 0.0866. The molecule has 2 saturated heterocycles. The fraction of sp³-hybridized carbons (Fsp3) is 0.583. The third kappa shape index (κ3) is 2.37. The van der Waals surface area contributed by atoms with Crippen LogP contribution in [0.2, 0.25) is 5.15 Å². The fourth-order valence-electron chi connectivity index (χ4n) is 2.78. The molecule has 19 heavy (non-hydrogen) atoms. The van der Waals surface area contributed by atoms with Gasteiger partial charge in [0.05, 0.1) is 13.3 Å². The lowest BCUT2D eigenvalue weighted by atomic mass is 10.00. The molecule has 3 heterocycles. The number of methoxy groups -OCH3 is 1. The van der Waals surface area contributed by atoms with Crippen LogP contribution in [-0.2, 0) is 0 Å². The zero-order chi connectivity index (χ0) is 13.4. The van der Waals surface area contributed by atoms with Gasteiger partial charge >= 0.3 is 0 Å². The van der Waals surface area contributed by atoms with Crippen LogP contribution in [0.1, 0.15) is 17.0 Å². The Morgan fingerprint density at radius 2 is 2.42 bits per heavy atom. The minimum Gasteiger partial charge on any atom is -0.492 e. The lowest BCUT2D eigenvalue weighted by Crippen LogP contribution is -2.43. The maximum atomic E-state index is 12.1. The maximum Gasteiger partial charge on any atom is 0.289 e. The third-order valence-electron chi connectivity index (χ3n) is 3.78. The quantitative estimate of drug-likeness (QED) is 0.821. The van der Waals surface area contributed by atoms with Gasteiger partial charge in [0, 0.05) is 19.1 Å². The average molecular weight is 283 g/mol. The van der Waals surface area contributed by atoms with Crippen LogP contribution in [0.3, 0.4) is 0 Å². The number of fused-ring (bicyclic) bond motifs is 2. The van der Waals surface area contributed by atoms with Gasteiger partial charge in [-0.05, 0) is 18.9 Å². The van der Waals surface area contributed by atoms with Crippen molar-refractivity contribution in [3.05, 3.63) is 17.2 Å². The van der Waals surface area contributed by atoms with Gasteiger partial charge in [-0.3, -0.25) is 4.79 Å². The van der Waals surface area contributed by atoms with Crippen molar-refractivity contribution in [3.8, 4) is 5.75 Å². The largest absolute Gasteiger partial charge is 0.492 e. The molecule has 1 aromatic rings. The molecule has 1 amide bonds. The van der Waals surface area contributed by atoms with Crippen molar-refractivity contribution in [2.24, 2.45) is 5.92 Å². The number of hydrogen-bond donors (Lipinski definition) is 1. The number of carbonyl (C=O) groups is 1. The fourth-order valence-corrected chi connectivity index (χ4v) is 2.98. The Labute approximate surface area is 116 Å². The van der Waals surface area contributed by atoms with E-state index in [1.165, 1.54) is 13.3 Å². The van der Waals surface area contributed by atoms with Crippen molar-refractivity contribution >= 4 is 17.5 Å². The summed E-state index contributed by atoms with van der Waals surface area (Å²) in [5.74, 6) is 0.730. The van der Waals surface area contributed by atoms with Crippen molar-refractivity contribution in [3.63, 3.8) is 0 Å². The highest BCUT2D eigenvalue weighted by atomic mass is 35.5. The smallest absolute Gasteiger partial charge is 0.289 e. The molecule has 0 spiro atoms. The Bertz CT molecular complexity index is 511. The normalized spacial score (nSPS) is 28.4.